The van der Waals surface area contributed by atoms with Crippen LogP contribution in [0.1, 0.15) is 13.3 Å². The van der Waals surface area contributed by atoms with Crippen molar-refractivity contribution in [2.24, 2.45) is 0 Å². The minimum Gasteiger partial charge on any atom is -0.395 e. The molecule has 0 bridgehead atoms. The maximum absolute atomic E-state index is 11.2. The van der Waals surface area contributed by atoms with Crippen molar-refractivity contribution < 1.29 is 13.5 Å². The first kappa shape index (κ1) is 8.96. The molecule has 1 rings (SSSR count). The van der Waals surface area contributed by atoms with E-state index < -0.39 is 10.0 Å². The SMILES string of the molecule is C[C@H](CO)N1CCCS1(=O)=O. The predicted octanol–water partition coefficient (Wildman–Crippen LogP) is -0.597. The van der Waals surface area contributed by atoms with Gasteiger partial charge in [-0.3, -0.25) is 0 Å². The van der Waals surface area contributed by atoms with Crippen molar-refractivity contribution in [3.63, 3.8) is 0 Å². The molecule has 1 heterocycles. The summed E-state index contributed by atoms with van der Waals surface area (Å²) in [6.07, 6.45) is 0.687. The van der Waals surface area contributed by atoms with Crippen LogP contribution in [0.4, 0.5) is 0 Å². The summed E-state index contributed by atoms with van der Waals surface area (Å²) < 4.78 is 23.7. The Bertz CT molecular complexity index is 224. The average molecular weight is 179 g/mol. The molecule has 1 fully saturated rings. The van der Waals surface area contributed by atoms with Crippen molar-refractivity contribution in [2.75, 3.05) is 18.9 Å². The molecule has 11 heavy (non-hydrogen) atoms. The number of aliphatic hydroxyl groups is 1. The molecule has 0 radical (unpaired) electrons. The van der Waals surface area contributed by atoms with Gasteiger partial charge in [0, 0.05) is 12.6 Å². The van der Waals surface area contributed by atoms with Crippen molar-refractivity contribution in [3.05, 3.63) is 0 Å². The van der Waals surface area contributed by atoms with E-state index in [-0.39, 0.29) is 18.4 Å². The standard InChI is InChI=1S/C6H13NO3S/c1-6(5-8)7-3-2-4-11(7,9)10/h6,8H,2-5H2,1H3/t6-/m1/s1. The third kappa shape index (κ3) is 1.72. The van der Waals surface area contributed by atoms with Gasteiger partial charge in [0.2, 0.25) is 10.0 Å². The topological polar surface area (TPSA) is 57.6 Å². The quantitative estimate of drug-likeness (QED) is 0.616. The first-order chi connectivity index (χ1) is 5.08. The lowest BCUT2D eigenvalue weighted by Crippen LogP contribution is -2.36. The van der Waals surface area contributed by atoms with Crippen LogP contribution in [0.15, 0.2) is 0 Å². The molecule has 0 aliphatic carbocycles. The van der Waals surface area contributed by atoms with Gasteiger partial charge in [-0.2, -0.15) is 4.31 Å². The molecule has 1 N–H and O–H groups in total. The highest BCUT2D eigenvalue weighted by Gasteiger charge is 2.31. The molecule has 0 amide bonds. The molecule has 1 saturated heterocycles. The summed E-state index contributed by atoms with van der Waals surface area (Å²) in [5.74, 6) is 0.233. The molecule has 1 aliphatic rings. The Kier molecular flexibility index (Phi) is 2.51. The normalized spacial score (nSPS) is 27.1. The first-order valence-corrected chi connectivity index (χ1v) is 5.29. The molecule has 1 aliphatic heterocycles. The van der Waals surface area contributed by atoms with E-state index in [1.165, 1.54) is 4.31 Å². The number of nitrogens with zero attached hydrogens (tertiary/aromatic N) is 1. The van der Waals surface area contributed by atoms with Crippen molar-refractivity contribution >= 4 is 10.0 Å². The lowest BCUT2D eigenvalue weighted by atomic mass is 10.3. The van der Waals surface area contributed by atoms with Crippen LogP contribution in [0.3, 0.4) is 0 Å². The van der Waals surface area contributed by atoms with Gasteiger partial charge < -0.3 is 5.11 Å². The molecule has 0 unspecified atom stereocenters. The summed E-state index contributed by atoms with van der Waals surface area (Å²) in [5.41, 5.74) is 0. The second-order valence-electron chi connectivity index (χ2n) is 2.81. The first-order valence-electron chi connectivity index (χ1n) is 3.68. The molecule has 0 aromatic rings. The Morgan fingerprint density at radius 2 is 2.27 bits per heavy atom. The van der Waals surface area contributed by atoms with Crippen LogP contribution in [-0.4, -0.2) is 42.8 Å². The Labute approximate surface area is 66.9 Å². The number of sulfonamides is 1. The van der Waals surface area contributed by atoms with Crippen LogP contribution < -0.4 is 0 Å². The van der Waals surface area contributed by atoms with E-state index in [2.05, 4.69) is 0 Å². The van der Waals surface area contributed by atoms with E-state index in [0.717, 1.165) is 0 Å². The van der Waals surface area contributed by atoms with Crippen molar-refractivity contribution in [2.45, 2.75) is 19.4 Å². The molecule has 0 saturated carbocycles. The van der Waals surface area contributed by atoms with Crippen LogP contribution in [-0.2, 0) is 10.0 Å². The summed E-state index contributed by atoms with van der Waals surface area (Å²) in [4.78, 5) is 0. The smallest absolute Gasteiger partial charge is 0.214 e. The van der Waals surface area contributed by atoms with Crippen molar-refractivity contribution in [1.29, 1.82) is 0 Å². The molecule has 5 heteroatoms. The van der Waals surface area contributed by atoms with Crippen LogP contribution in [0.2, 0.25) is 0 Å². The van der Waals surface area contributed by atoms with Gasteiger partial charge in [-0.05, 0) is 13.3 Å². The van der Waals surface area contributed by atoms with Gasteiger partial charge in [-0.15, -0.1) is 0 Å². The summed E-state index contributed by atoms with van der Waals surface area (Å²) in [7, 11) is -3.03. The summed E-state index contributed by atoms with van der Waals surface area (Å²) >= 11 is 0. The van der Waals surface area contributed by atoms with Gasteiger partial charge >= 0.3 is 0 Å². The molecule has 0 aromatic heterocycles. The molecular formula is C6H13NO3S. The maximum atomic E-state index is 11.2. The van der Waals surface area contributed by atoms with Gasteiger partial charge in [0.05, 0.1) is 12.4 Å². The fourth-order valence-corrected chi connectivity index (χ4v) is 3.00. The summed E-state index contributed by atoms with van der Waals surface area (Å²) in [6.45, 7) is 2.17. The van der Waals surface area contributed by atoms with Crippen LogP contribution in [0.5, 0.6) is 0 Å². The van der Waals surface area contributed by atoms with Crippen molar-refractivity contribution in [3.8, 4) is 0 Å². The zero-order chi connectivity index (χ0) is 8.48. The number of rotatable bonds is 2. The monoisotopic (exact) mass is 179 g/mol. The second kappa shape index (κ2) is 3.08. The highest BCUT2D eigenvalue weighted by atomic mass is 32.2. The Morgan fingerprint density at radius 3 is 2.64 bits per heavy atom. The molecular weight excluding hydrogens is 166 g/mol. The predicted molar refractivity (Wildman–Crippen MR) is 41.7 cm³/mol. The fourth-order valence-electron chi connectivity index (χ4n) is 1.24. The van der Waals surface area contributed by atoms with E-state index in [4.69, 9.17) is 5.11 Å². The zero-order valence-corrected chi connectivity index (χ0v) is 7.34. The Hall–Kier alpha value is -0.130. The minimum absolute atomic E-state index is 0.0980. The molecule has 1 atom stereocenters. The number of hydrogen-bond acceptors (Lipinski definition) is 3. The zero-order valence-electron chi connectivity index (χ0n) is 6.52. The number of aliphatic hydroxyl groups excluding tert-OH is 1. The number of hydrogen-bond donors (Lipinski definition) is 1. The van der Waals surface area contributed by atoms with E-state index >= 15 is 0 Å². The van der Waals surface area contributed by atoms with E-state index in [0.29, 0.717) is 13.0 Å². The van der Waals surface area contributed by atoms with E-state index in [1.54, 1.807) is 6.92 Å². The third-order valence-electron chi connectivity index (χ3n) is 1.89. The minimum atomic E-state index is -3.03. The third-order valence-corrected chi connectivity index (χ3v) is 3.96. The molecule has 66 valence electrons. The second-order valence-corrected chi connectivity index (χ2v) is 4.85. The Balaban J connectivity index is 2.73. The van der Waals surface area contributed by atoms with Gasteiger partial charge in [0.15, 0.2) is 0 Å². The highest BCUT2D eigenvalue weighted by molar-refractivity contribution is 7.89. The van der Waals surface area contributed by atoms with E-state index in [1.807, 2.05) is 0 Å². The van der Waals surface area contributed by atoms with Crippen LogP contribution in [0, 0.1) is 0 Å². The van der Waals surface area contributed by atoms with Gasteiger partial charge in [-0.25, -0.2) is 8.42 Å². The lowest BCUT2D eigenvalue weighted by molar-refractivity contribution is 0.205. The van der Waals surface area contributed by atoms with Gasteiger partial charge in [0.25, 0.3) is 0 Å². The summed E-state index contributed by atoms with van der Waals surface area (Å²) in [6, 6.07) is -0.262. The maximum Gasteiger partial charge on any atom is 0.214 e. The molecule has 0 spiro atoms. The summed E-state index contributed by atoms with van der Waals surface area (Å²) in [5, 5.41) is 8.72. The highest BCUT2D eigenvalue weighted by Crippen LogP contribution is 2.16. The van der Waals surface area contributed by atoms with Gasteiger partial charge in [-0.1, -0.05) is 0 Å². The largest absolute Gasteiger partial charge is 0.395 e. The Morgan fingerprint density at radius 1 is 1.64 bits per heavy atom. The molecule has 4 nitrogen and oxygen atoms in total. The molecule has 0 aromatic carbocycles. The van der Waals surface area contributed by atoms with E-state index in [9.17, 15) is 8.42 Å². The van der Waals surface area contributed by atoms with Crippen molar-refractivity contribution in [1.82, 2.24) is 4.31 Å². The average Bonchev–Trinajstić information content (AvgIpc) is 2.28. The van der Waals surface area contributed by atoms with Crippen LogP contribution in [0.25, 0.3) is 0 Å². The lowest BCUT2D eigenvalue weighted by Gasteiger charge is -2.19. The van der Waals surface area contributed by atoms with Crippen LogP contribution >= 0.6 is 0 Å². The fraction of sp³-hybridized carbons (Fsp3) is 1.00. The van der Waals surface area contributed by atoms with Gasteiger partial charge in [0.1, 0.15) is 0 Å².